The number of rotatable bonds is 6. The summed E-state index contributed by atoms with van der Waals surface area (Å²) in [5.74, 6) is 0.412. The molecule has 36 heavy (non-hydrogen) atoms. The van der Waals surface area contributed by atoms with Crippen molar-refractivity contribution in [2.45, 2.75) is 44.4 Å². The second kappa shape index (κ2) is 11.0. The number of carbonyl (C=O) groups excluding carboxylic acids is 1. The van der Waals surface area contributed by atoms with Crippen LogP contribution in [0.2, 0.25) is 5.15 Å². The molecule has 0 atom stereocenters. The number of fused-ring (bicyclic) bond motifs is 1. The van der Waals surface area contributed by atoms with Crippen molar-refractivity contribution in [1.82, 2.24) is 19.9 Å². The van der Waals surface area contributed by atoms with Crippen LogP contribution in [0.1, 0.15) is 36.0 Å². The predicted octanol–water partition coefficient (Wildman–Crippen LogP) is 4.78. The number of halogens is 3. The molecule has 1 saturated heterocycles. The smallest absolute Gasteiger partial charge is 0.345 e. The lowest BCUT2D eigenvalue weighted by molar-refractivity contribution is -0.169. The number of benzene rings is 1. The highest BCUT2D eigenvalue weighted by Crippen LogP contribution is 2.31. The third-order valence-corrected chi connectivity index (χ3v) is 6.92. The molecule has 1 aliphatic heterocycles. The largest absolute Gasteiger partial charge is 0.378 e. The van der Waals surface area contributed by atoms with Crippen LogP contribution in [0.25, 0.3) is 22.0 Å². The SMILES string of the molecule is O=C(c1ccc(-c2cnc(Cl)c3cnc(NC4CCC(OC(F)F)CC4)nc23)cc1)N1CCOCC1. The van der Waals surface area contributed by atoms with Gasteiger partial charge in [0.2, 0.25) is 5.95 Å². The van der Waals surface area contributed by atoms with Crippen LogP contribution in [0.15, 0.2) is 36.7 Å². The van der Waals surface area contributed by atoms with Crippen LogP contribution in [-0.4, -0.2) is 70.8 Å². The highest BCUT2D eigenvalue weighted by atomic mass is 35.5. The van der Waals surface area contributed by atoms with Gasteiger partial charge in [0.25, 0.3) is 5.91 Å². The molecule has 5 rings (SSSR count). The second-order valence-corrected chi connectivity index (χ2v) is 9.27. The first-order valence-corrected chi connectivity index (χ1v) is 12.3. The summed E-state index contributed by atoms with van der Waals surface area (Å²) in [5, 5.41) is 4.22. The number of nitrogens with zero attached hydrogens (tertiary/aromatic N) is 4. The predicted molar refractivity (Wildman–Crippen MR) is 131 cm³/mol. The molecule has 1 aliphatic carbocycles. The van der Waals surface area contributed by atoms with Gasteiger partial charge in [-0.3, -0.25) is 4.79 Å². The zero-order valence-corrected chi connectivity index (χ0v) is 20.3. The number of pyridine rings is 1. The van der Waals surface area contributed by atoms with Crippen LogP contribution in [0.5, 0.6) is 0 Å². The van der Waals surface area contributed by atoms with E-state index in [2.05, 4.69) is 20.0 Å². The van der Waals surface area contributed by atoms with Crippen molar-refractivity contribution in [2.24, 2.45) is 0 Å². The fourth-order valence-electron chi connectivity index (χ4n) is 4.68. The van der Waals surface area contributed by atoms with Gasteiger partial charge >= 0.3 is 6.61 Å². The van der Waals surface area contributed by atoms with E-state index in [1.165, 1.54) is 0 Å². The number of alkyl halides is 2. The van der Waals surface area contributed by atoms with Crippen LogP contribution in [0, 0.1) is 0 Å². The van der Waals surface area contributed by atoms with Crippen molar-refractivity contribution in [1.29, 1.82) is 0 Å². The quantitative estimate of drug-likeness (QED) is 0.471. The normalized spacial score (nSPS) is 20.6. The zero-order chi connectivity index (χ0) is 25.1. The molecule has 3 aromatic rings. The molecule has 2 aromatic heterocycles. The Kier molecular flexibility index (Phi) is 7.54. The van der Waals surface area contributed by atoms with Crippen LogP contribution in [-0.2, 0) is 9.47 Å². The van der Waals surface area contributed by atoms with Crippen LogP contribution >= 0.6 is 11.6 Å². The Morgan fingerprint density at radius 2 is 1.81 bits per heavy atom. The number of ether oxygens (including phenoxy) is 2. The van der Waals surface area contributed by atoms with Gasteiger partial charge in [-0.25, -0.2) is 15.0 Å². The Morgan fingerprint density at radius 3 is 2.50 bits per heavy atom. The number of amides is 1. The maximum absolute atomic E-state index is 12.8. The molecular formula is C25H26ClF2N5O3. The van der Waals surface area contributed by atoms with Gasteiger partial charge in [-0.15, -0.1) is 0 Å². The lowest BCUT2D eigenvalue weighted by Gasteiger charge is -2.28. The van der Waals surface area contributed by atoms with Crippen molar-refractivity contribution >= 4 is 34.4 Å². The minimum atomic E-state index is -2.74. The van der Waals surface area contributed by atoms with Crippen LogP contribution < -0.4 is 5.32 Å². The lowest BCUT2D eigenvalue weighted by atomic mass is 9.93. The molecular weight excluding hydrogens is 492 g/mol. The fraction of sp³-hybridized carbons (Fsp3) is 0.440. The van der Waals surface area contributed by atoms with Crippen molar-refractivity contribution < 1.29 is 23.0 Å². The van der Waals surface area contributed by atoms with E-state index in [0.29, 0.717) is 79.6 Å². The van der Waals surface area contributed by atoms with Crippen molar-refractivity contribution in [3.63, 3.8) is 0 Å². The average Bonchev–Trinajstić information content (AvgIpc) is 2.90. The maximum Gasteiger partial charge on any atom is 0.345 e. The third kappa shape index (κ3) is 5.55. The maximum atomic E-state index is 12.8. The molecule has 1 N–H and O–H groups in total. The van der Waals surface area contributed by atoms with Gasteiger partial charge in [0, 0.05) is 42.7 Å². The van der Waals surface area contributed by atoms with Crippen molar-refractivity contribution in [2.75, 3.05) is 31.6 Å². The van der Waals surface area contributed by atoms with Crippen LogP contribution in [0.3, 0.4) is 0 Å². The molecule has 0 spiro atoms. The van der Waals surface area contributed by atoms with Gasteiger partial charge in [0.05, 0.1) is 30.2 Å². The standard InChI is InChI=1S/C25H26ClF2N5O3/c26-22-20-14-30-25(31-17-5-7-18(8-6-17)36-24(27)28)32-21(20)19(13-29-22)15-1-3-16(4-2-15)23(34)33-9-11-35-12-10-33/h1-4,13-14,17-18,24H,5-12H2,(H,30,31,32). The Balaban J connectivity index is 1.35. The van der Waals surface area contributed by atoms with Gasteiger partial charge in [-0.05, 0) is 43.4 Å². The van der Waals surface area contributed by atoms with Gasteiger partial charge < -0.3 is 19.7 Å². The molecule has 0 bridgehead atoms. The summed E-state index contributed by atoms with van der Waals surface area (Å²) in [6.07, 6.45) is 5.33. The molecule has 2 fully saturated rings. The van der Waals surface area contributed by atoms with E-state index >= 15 is 0 Å². The number of carbonyl (C=O) groups is 1. The number of hydrogen-bond donors (Lipinski definition) is 1. The van der Waals surface area contributed by atoms with E-state index in [-0.39, 0.29) is 11.9 Å². The summed E-state index contributed by atoms with van der Waals surface area (Å²) in [6.45, 7) is -0.480. The van der Waals surface area contributed by atoms with E-state index < -0.39 is 12.7 Å². The van der Waals surface area contributed by atoms with Gasteiger partial charge in [-0.1, -0.05) is 23.7 Å². The molecule has 1 amide bonds. The number of nitrogens with one attached hydrogen (secondary N) is 1. The number of aromatic nitrogens is 3. The van der Waals surface area contributed by atoms with E-state index in [1.807, 2.05) is 12.1 Å². The minimum Gasteiger partial charge on any atom is -0.378 e. The van der Waals surface area contributed by atoms with Crippen molar-refractivity contribution in [3.05, 3.63) is 47.4 Å². The highest BCUT2D eigenvalue weighted by Gasteiger charge is 2.25. The summed E-state index contributed by atoms with van der Waals surface area (Å²) < 4.78 is 34.9. The summed E-state index contributed by atoms with van der Waals surface area (Å²) in [6, 6.07) is 7.41. The molecule has 1 aromatic carbocycles. The van der Waals surface area contributed by atoms with E-state index in [9.17, 15) is 13.6 Å². The van der Waals surface area contributed by atoms with Crippen molar-refractivity contribution in [3.8, 4) is 11.1 Å². The monoisotopic (exact) mass is 517 g/mol. The molecule has 11 heteroatoms. The highest BCUT2D eigenvalue weighted by molar-refractivity contribution is 6.34. The molecule has 2 aliphatic rings. The first-order chi connectivity index (χ1) is 17.5. The molecule has 190 valence electrons. The number of morpholine rings is 1. The Morgan fingerprint density at radius 1 is 1.08 bits per heavy atom. The molecule has 3 heterocycles. The second-order valence-electron chi connectivity index (χ2n) is 8.92. The van der Waals surface area contributed by atoms with E-state index in [1.54, 1.807) is 29.4 Å². The first kappa shape index (κ1) is 24.7. The van der Waals surface area contributed by atoms with Crippen LogP contribution in [0.4, 0.5) is 14.7 Å². The topological polar surface area (TPSA) is 89.5 Å². The summed E-state index contributed by atoms with van der Waals surface area (Å²) in [7, 11) is 0. The zero-order valence-electron chi connectivity index (χ0n) is 19.5. The molecule has 1 saturated carbocycles. The molecule has 0 unspecified atom stereocenters. The molecule has 8 nitrogen and oxygen atoms in total. The lowest BCUT2D eigenvalue weighted by Crippen LogP contribution is -2.40. The molecule has 0 radical (unpaired) electrons. The van der Waals surface area contributed by atoms with Gasteiger partial charge in [0.15, 0.2) is 0 Å². The first-order valence-electron chi connectivity index (χ1n) is 12.0. The van der Waals surface area contributed by atoms with Gasteiger partial charge in [-0.2, -0.15) is 8.78 Å². The number of hydrogen-bond acceptors (Lipinski definition) is 7. The average molecular weight is 518 g/mol. The summed E-state index contributed by atoms with van der Waals surface area (Å²) >= 11 is 6.32. The Hall–Kier alpha value is -2.95. The van der Waals surface area contributed by atoms with E-state index in [0.717, 1.165) is 11.1 Å². The summed E-state index contributed by atoms with van der Waals surface area (Å²) in [4.78, 5) is 28.0. The Bertz CT molecular complexity index is 1220. The fourth-order valence-corrected chi connectivity index (χ4v) is 4.87. The third-order valence-electron chi connectivity index (χ3n) is 6.62. The minimum absolute atomic E-state index is 0.0218. The Labute approximate surface area is 212 Å². The van der Waals surface area contributed by atoms with E-state index in [4.69, 9.17) is 21.3 Å². The number of anilines is 1. The summed E-state index contributed by atoms with van der Waals surface area (Å²) in [5.41, 5.74) is 2.85. The van der Waals surface area contributed by atoms with Gasteiger partial charge in [0.1, 0.15) is 5.15 Å².